The molecule has 1 radical (unpaired) electrons. The summed E-state index contributed by atoms with van der Waals surface area (Å²) in [6.45, 7) is 0. The number of benzene rings is 3. The lowest BCUT2D eigenvalue weighted by Crippen LogP contribution is -1.90. The minimum atomic E-state index is 0.751. The van der Waals surface area contributed by atoms with Gasteiger partial charge in [-0.1, -0.05) is 30.3 Å². The predicted octanol–water partition coefficient (Wildman–Crippen LogP) is 5.28. The third-order valence-electron chi connectivity index (χ3n) is 4.94. The summed E-state index contributed by atoms with van der Waals surface area (Å²) in [5.41, 5.74) is 7.25. The molecule has 0 saturated carbocycles. The van der Waals surface area contributed by atoms with Gasteiger partial charge in [0.25, 0.3) is 0 Å². The molecule has 0 atom stereocenters. The number of aromatic nitrogens is 4. The zero-order valence-corrected chi connectivity index (χ0v) is 14.3. The van der Waals surface area contributed by atoms with Crippen LogP contribution in [0.5, 0.6) is 0 Å². The van der Waals surface area contributed by atoms with E-state index in [1.54, 1.807) is 0 Å². The molecule has 4 heteroatoms. The standard InChI is InChI=1S/C23H13N4/c1-2-6-17-15(5-1)16-11-12-24-22(23(16)27-17)14-9-10-20-21(13-14)26-19-8-4-3-7-18(19)25-20/h1-12,27H. The molecule has 0 spiro atoms. The first-order valence-corrected chi connectivity index (χ1v) is 8.81. The molecule has 0 fully saturated rings. The van der Waals surface area contributed by atoms with E-state index in [9.17, 15) is 0 Å². The highest BCUT2D eigenvalue weighted by atomic mass is 14.8. The molecule has 6 aromatic rings. The molecular formula is C23H13N4. The highest BCUT2D eigenvalue weighted by molar-refractivity contribution is 6.11. The van der Waals surface area contributed by atoms with Crippen LogP contribution in [0, 0.1) is 6.07 Å². The Labute approximate surface area is 154 Å². The highest BCUT2D eigenvalue weighted by Crippen LogP contribution is 2.32. The summed E-state index contributed by atoms with van der Waals surface area (Å²) in [5.74, 6) is 0. The molecule has 0 amide bonds. The van der Waals surface area contributed by atoms with Gasteiger partial charge in [-0.25, -0.2) is 9.97 Å². The van der Waals surface area contributed by atoms with Crippen LogP contribution in [0.3, 0.4) is 0 Å². The molecule has 1 N–H and O–H groups in total. The summed E-state index contributed by atoms with van der Waals surface area (Å²) in [6.07, 6.45) is 1.85. The first kappa shape index (κ1) is 14.4. The van der Waals surface area contributed by atoms with Crippen LogP contribution in [-0.2, 0) is 0 Å². The number of aromatic amines is 1. The van der Waals surface area contributed by atoms with Crippen molar-refractivity contribution in [3.05, 3.63) is 79.0 Å². The molecule has 0 aliphatic carbocycles. The smallest absolute Gasteiger partial charge is 0.0980 e. The summed E-state index contributed by atoms with van der Waals surface area (Å²) in [6, 6.07) is 25.7. The quantitative estimate of drug-likeness (QED) is 0.413. The summed E-state index contributed by atoms with van der Waals surface area (Å²) in [5, 5.41) is 2.36. The van der Waals surface area contributed by atoms with Gasteiger partial charge in [0.15, 0.2) is 0 Å². The second kappa shape index (κ2) is 5.35. The Bertz CT molecular complexity index is 1480. The number of para-hydroxylation sites is 3. The van der Waals surface area contributed by atoms with E-state index in [2.05, 4.69) is 39.2 Å². The minimum Gasteiger partial charge on any atom is -0.353 e. The molecule has 0 saturated heterocycles. The third kappa shape index (κ3) is 2.13. The van der Waals surface area contributed by atoms with Gasteiger partial charge >= 0.3 is 0 Å². The van der Waals surface area contributed by atoms with Crippen molar-refractivity contribution in [2.45, 2.75) is 0 Å². The van der Waals surface area contributed by atoms with Crippen molar-refractivity contribution in [2.24, 2.45) is 0 Å². The number of fused-ring (bicyclic) bond motifs is 5. The summed E-state index contributed by atoms with van der Waals surface area (Å²) in [7, 11) is 0. The minimum absolute atomic E-state index is 0.751. The Morgan fingerprint density at radius 3 is 2.44 bits per heavy atom. The number of hydrogen-bond donors (Lipinski definition) is 1. The number of rotatable bonds is 1. The first-order chi connectivity index (χ1) is 13.4. The number of pyridine rings is 1. The SMILES string of the molecule is [c]1c(-c2nccc3c2[nH]c2ccccc23)ccc2nc3ccccc3nc12. The lowest BCUT2D eigenvalue weighted by atomic mass is 10.1. The van der Waals surface area contributed by atoms with Crippen molar-refractivity contribution in [2.75, 3.05) is 0 Å². The maximum atomic E-state index is 4.73. The summed E-state index contributed by atoms with van der Waals surface area (Å²) < 4.78 is 0. The molecule has 6 rings (SSSR count). The fourth-order valence-corrected chi connectivity index (χ4v) is 3.67. The van der Waals surface area contributed by atoms with Crippen molar-refractivity contribution in [1.29, 1.82) is 0 Å². The zero-order valence-electron chi connectivity index (χ0n) is 14.3. The maximum absolute atomic E-state index is 4.73. The molecular weight excluding hydrogens is 332 g/mol. The lowest BCUT2D eigenvalue weighted by Gasteiger charge is -2.05. The van der Waals surface area contributed by atoms with Crippen molar-refractivity contribution in [3.8, 4) is 11.3 Å². The van der Waals surface area contributed by atoms with Gasteiger partial charge < -0.3 is 4.98 Å². The zero-order chi connectivity index (χ0) is 17.8. The van der Waals surface area contributed by atoms with Crippen LogP contribution in [0.1, 0.15) is 0 Å². The largest absolute Gasteiger partial charge is 0.353 e. The molecule has 3 heterocycles. The average Bonchev–Trinajstić information content (AvgIpc) is 3.10. The lowest BCUT2D eigenvalue weighted by molar-refractivity contribution is 1.33. The molecule has 0 aliphatic heterocycles. The Kier molecular flexibility index (Phi) is 2.85. The van der Waals surface area contributed by atoms with Crippen LogP contribution < -0.4 is 0 Å². The topological polar surface area (TPSA) is 54.5 Å². The van der Waals surface area contributed by atoms with Gasteiger partial charge in [0.05, 0.1) is 33.3 Å². The Balaban J connectivity index is 1.63. The van der Waals surface area contributed by atoms with Gasteiger partial charge in [-0.2, -0.15) is 0 Å². The fourth-order valence-electron chi connectivity index (χ4n) is 3.67. The predicted molar refractivity (Wildman–Crippen MR) is 108 cm³/mol. The van der Waals surface area contributed by atoms with E-state index in [-0.39, 0.29) is 0 Å². The van der Waals surface area contributed by atoms with E-state index in [1.165, 1.54) is 5.39 Å². The first-order valence-electron chi connectivity index (χ1n) is 8.81. The van der Waals surface area contributed by atoms with Gasteiger partial charge in [-0.05, 0) is 36.4 Å². The average molecular weight is 345 g/mol. The Morgan fingerprint density at radius 1 is 0.704 bits per heavy atom. The fraction of sp³-hybridized carbons (Fsp3) is 0. The van der Waals surface area contributed by atoms with Gasteiger partial charge in [0.2, 0.25) is 0 Å². The number of nitrogens with zero attached hydrogens (tertiary/aromatic N) is 3. The van der Waals surface area contributed by atoms with Crippen LogP contribution in [-0.4, -0.2) is 19.9 Å². The van der Waals surface area contributed by atoms with E-state index < -0.39 is 0 Å². The Morgan fingerprint density at radius 2 is 1.52 bits per heavy atom. The van der Waals surface area contributed by atoms with Crippen LogP contribution in [0.4, 0.5) is 0 Å². The van der Waals surface area contributed by atoms with E-state index >= 15 is 0 Å². The van der Waals surface area contributed by atoms with Crippen molar-refractivity contribution in [1.82, 2.24) is 19.9 Å². The van der Waals surface area contributed by atoms with Crippen LogP contribution in [0.25, 0.3) is 55.1 Å². The van der Waals surface area contributed by atoms with Gasteiger partial charge in [0, 0.05) is 34.1 Å². The molecule has 0 aliphatic rings. The van der Waals surface area contributed by atoms with Gasteiger partial charge in [-0.15, -0.1) is 0 Å². The second-order valence-corrected chi connectivity index (χ2v) is 6.57. The highest BCUT2D eigenvalue weighted by Gasteiger charge is 2.12. The van der Waals surface area contributed by atoms with Crippen LogP contribution >= 0.6 is 0 Å². The number of nitrogens with one attached hydrogen (secondary N) is 1. The van der Waals surface area contributed by atoms with Gasteiger partial charge in [0.1, 0.15) is 0 Å². The molecule has 0 unspecified atom stereocenters. The van der Waals surface area contributed by atoms with E-state index in [4.69, 9.17) is 4.98 Å². The normalized spacial score (nSPS) is 11.7. The number of H-pyrrole nitrogens is 1. The van der Waals surface area contributed by atoms with Crippen LogP contribution in [0.15, 0.2) is 72.9 Å². The molecule has 0 bridgehead atoms. The van der Waals surface area contributed by atoms with Crippen molar-refractivity contribution in [3.63, 3.8) is 0 Å². The third-order valence-corrected chi connectivity index (χ3v) is 4.94. The monoisotopic (exact) mass is 345 g/mol. The Hall–Kier alpha value is -3.79. The maximum Gasteiger partial charge on any atom is 0.0980 e. The molecule has 4 nitrogen and oxygen atoms in total. The molecule has 3 aromatic heterocycles. The second-order valence-electron chi connectivity index (χ2n) is 6.57. The summed E-state index contributed by atoms with van der Waals surface area (Å²) in [4.78, 5) is 17.6. The van der Waals surface area contributed by atoms with E-state index in [1.807, 2.05) is 54.7 Å². The summed E-state index contributed by atoms with van der Waals surface area (Å²) >= 11 is 0. The van der Waals surface area contributed by atoms with E-state index in [0.717, 1.165) is 49.7 Å². The van der Waals surface area contributed by atoms with Crippen LogP contribution in [0.2, 0.25) is 0 Å². The van der Waals surface area contributed by atoms with Crippen molar-refractivity contribution < 1.29 is 0 Å². The van der Waals surface area contributed by atoms with Crippen molar-refractivity contribution >= 4 is 43.9 Å². The number of hydrogen-bond acceptors (Lipinski definition) is 3. The molecule has 125 valence electrons. The van der Waals surface area contributed by atoms with Gasteiger partial charge in [-0.3, -0.25) is 4.98 Å². The molecule has 3 aromatic carbocycles. The van der Waals surface area contributed by atoms with E-state index in [0.29, 0.717) is 0 Å². The molecule has 27 heavy (non-hydrogen) atoms.